The van der Waals surface area contributed by atoms with Crippen molar-refractivity contribution in [2.45, 2.75) is 18.9 Å². The molecule has 2 amide bonds. The summed E-state index contributed by atoms with van der Waals surface area (Å²) in [5, 5.41) is 2.95. The molecular weight excluding hydrogens is 344 g/mol. The van der Waals surface area contributed by atoms with Crippen LogP contribution in [0.2, 0.25) is 0 Å². The number of carbonyl (C=O) groups excluding carboxylic acids is 2. The van der Waals surface area contributed by atoms with Gasteiger partial charge in [-0.15, -0.1) is 0 Å². The van der Waals surface area contributed by atoms with Gasteiger partial charge in [-0.05, 0) is 43.3 Å². The lowest BCUT2D eigenvalue weighted by Crippen LogP contribution is -2.58. The number of morpholine rings is 1. The fraction of sp³-hybridized carbons (Fsp3) is 0.350. The van der Waals surface area contributed by atoms with Crippen LogP contribution in [0.15, 0.2) is 53.7 Å². The van der Waals surface area contributed by atoms with Crippen molar-refractivity contribution in [3.05, 3.63) is 48.7 Å². The van der Waals surface area contributed by atoms with E-state index in [1.165, 1.54) is 0 Å². The van der Waals surface area contributed by atoms with E-state index >= 15 is 0 Å². The van der Waals surface area contributed by atoms with Gasteiger partial charge in [-0.25, -0.2) is 0 Å². The van der Waals surface area contributed by atoms with Crippen molar-refractivity contribution < 1.29 is 14.3 Å². The van der Waals surface area contributed by atoms with Crippen molar-refractivity contribution in [2.75, 3.05) is 36.5 Å². The van der Waals surface area contributed by atoms with Gasteiger partial charge >= 0.3 is 0 Å². The molecule has 0 aromatic heterocycles. The average molecular weight is 366 g/mol. The Morgan fingerprint density at radius 3 is 2.67 bits per heavy atom. The summed E-state index contributed by atoms with van der Waals surface area (Å²) in [6.07, 6.45) is 7.19. The average Bonchev–Trinajstić information content (AvgIpc) is 2.69. The second kappa shape index (κ2) is 7.00. The van der Waals surface area contributed by atoms with Crippen LogP contribution in [0.25, 0.3) is 0 Å². The maximum absolute atomic E-state index is 13.0. The van der Waals surface area contributed by atoms with Crippen LogP contribution < -0.4 is 10.2 Å². The molecule has 1 N–H and O–H groups in total. The minimum absolute atomic E-state index is 0.0341. The van der Waals surface area contributed by atoms with Gasteiger partial charge in [0.15, 0.2) is 0 Å². The molecule has 1 unspecified atom stereocenters. The second-order valence-electron chi connectivity index (χ2n) is 6.99. The van der Waals surface area contributed by atoms with Crippen LogP contribution in [0.3, 0.4) is 0 Å². The highest BCUT2D eigenvalue weighted by Crippen LogP contribution is 2.29. The Morgan fingerprint density at radius 2 is 1.93 bits per heavy atom. The Balaban J connectivity index is 1.50. The van der Waals surface area contributed by atoms with Crippen LogP contribution in [0, 0.1) is 0 Å². The van der Waals surface area contributed by atoms with E-state index in [0.29, 0.717) is 11.5 Å². The molecule has 0 aliphatic carbocycles. The number of ether oxygens (including phenoxy) is 1. The molecule has 0 saturated carbocycles. The van der Waals surface area contributed by atoms with Crippen molar-refractivity contribution in [3.63, 3.8) is 0 Å². The second-order valence-corrected chi connectivity index (χ2v) is 6.99. The lowest BCUT2D eigenvalue weighted by molar-refractivity contribution is -0.130. The summed E-state index contributed by atoms with van der Waals surface area (Å²) in [5.41, 5.74) is 0.790. The lowest BCUT2D eigenvalue weighted by Gasteiger charge is -2.41. The molecular formula is C20H22N4O3. The largest absolute Gasteiger partial charge is 0.378 e. The van der Waals surface area contributed by atoms with Crippen molar-refractivity contribution in [1.82, 2.24) is 4.90 Å². The molecule has 1 fully saturated rings. The van der Waals surface area contributed by atoms with E-state index in [0.717, 1.165) is 32.0 Å². The number of carbonyl (C=O) groups is 2. The van der Waals surface area contributed by atoms with Gasteiger partial charge in [0.25, 0.3) is 11.8 Å². The highest BCUT2D eigenvalue weighted by Gasteiger charge is 2.45. The van der Waals surface area contributed by atoms with Crippen LogP contribution in [-0.2, 0) is 14.3 Å². The van der Waals surface area contributed by atoms with Crippen LogP contribution >= 0.6 is 0 Å². The Labute approximate surface area is 158 Å². The van der Waals surface area contributed by atoms with Gasteiger partial charge in [-0.2, -0.15) is 4.99 Å². The monoisotopic (exact) mass is 366 g/mol. The van der Waals surface area contributed by atoms with Crippen molar-refractivity contribution in [1.29, 1.82) is 0 Å². The molecule has 1 aromatic carbocycles. The number of hydrogen-bond acceptors (Lipinski definition) is 5. The smallest absolute Gasteiger partial charge is 0.250 e. The molecule has 1 aromatic rings. The Morgan fingerprint density at radius 1 is 1.19 bits per heavy atom. The first-order valence-electron chi connectivity index (χ1n) is 9.06. The number of rotatable bonds is 3. The molecule has 7 heteroatoms. The number of hydrogen-bond donors (Lipinski definition) is 1. The molecule has 3 aliphatic heterocycles. The molecule has 0 bridgehead atoms. The molecule has 140 valence electrons. The van der Waals surface area contributed by atoms with E-state index in [4.69, 9.17) is 4.74 Å². The van der Waals surface area contributed by atoms with Gasteiger partial charge in [-0.1, -0.05) is 6.08 Å². The van der Waals surface area contributed by atoms with Gasteiger partial charge in [0.05, 0.1) is 19.6 Å². The summed E-state index contributed by atoms with van der Waals surface area (Å²) in [4.78, 5) is 33.1. The zero-order chi connectivity index (χ0) is 18.9. The number of aliphatic imine (C=N–C) groups is 1. The van der Waals surface area contributed by atoms with E-state index < -0.39 is 5.54 Å². The quantitative estimate of drug-likeness (QED) is 0.885. The SMILES string of the molecule is CC1(C(=O)Nc2ccc(N3CCOCC3)cc2)CC(=O)N=C2C=CC=CN21. The zero-order valence-corrected chi connectivity index (χ0v) is 15.2. The Hall–Kier alpha value is -2.93. The predicted octanol–water partition coefficient (Wildman–Crippen LogP) is 1.93. The number of amides is 2. The maximum atomic E-state index is 13.0. The maximum Gasteiger partial charge on any atom is 0.250 e. The summed E-state index contributed by atoms with van der Waals surface area (Å²) < 4.78 is 5.38. The molecule has 1 atom stereocenters. The van der Waals surface area contributed by atoms with Gasteiger partial charge in [0.2, 0.25) is 0 Å². The predicted molar refractivity (Wildman–Crippen MR) is 104 cm³/mol. The van der Waals surface area contributed by atoms with E-state index in [-0.39, 0.29) is 18.2 Å². The molecule has 4 rings (SSSR count). The van der Waals surface area contributed by atoms with E-state index in [9.17, 15) is 9.59 Å². The Bertz CT molecular complexity index is 837. The number of fused-ring (bicyclic) bond motifs is 1. The summed E-state index contributed by atoms with van der Waals surface area (Å²) in [6.45, 7) is 4.95. The van der Waals surface area contributed by atoms with Crippen molar-refractivity contribution in [3.8, 4) is 0 Å². The summed E-state index contributed by atoms with van der Waals surface area (Å²) >= 11 is 0. The molecule has 7 nitrogen and oxygen atoms in total. The van der Waals surface area contributed by atoms with Crippen LogP contribution in [0.4, 0.5) is 11.4 Å². The third-order valence-corrected chi connectivity index (χ3v) is 5.10. The lowest BCUT2D eigenvalue weighted by atomic mass is 9.91. The first kappa shape index (κ1) is 17.5. The minimum Gasteiger partial charge on any atom is -0.378 e. The first-order valence-corrected chi connectivity index (χ1v) is 9.06. The topological polar surface area (TPSA) is 74.2 Å². The van der Waals surface area contributed by atoms with Crippen molar-refractivity contribution >= 4 is 29.0 Å². The van der Waals surface area contributed by atoms with Crippen LogP contribution in [-0.4, -0.2) is 54.4 Å². The summed E-state index contributed by atoms with van der Waals surface area (Å²) in [5.74, 6) is -0.0297. The van der Waals surface area contributed by atoms with Gasteiger partial charge in [0, 0.05) is 30.7 Å². The van der Waals surface area contributed by atoms with E-state index in [1.807, 2.05) is 30.3 Å². The van der Waals surface area contributed by atoms with Crippen LogP contribution in [0.1, 0.15) is 13.3 Å². The molecule has 0 radical (unpaired) electrons. The summed E-state index contributed by atoms with van der Waals surface area (Å²) in [6, 6.07) is 7.76. The molecule has 0 spiro atoms. The zero-order valence-electron chi connectivity index (χ0n) is 15.2. The van der Waals surface area contributed by atoms with Gasteiger partial charge < -0.3 is 19.9 Å². The number of nitrogens with one attached hydrogen (secondary N) is 1. The van der Waals surface area contributed by atoms with E-state index in [2.05, 4.69) is 15.2 Å². The highest BCUT2D eigenvalue weighted by atomic mass is 16.5. The van der Waals surface area contributed by atoms with Crippen LogP contribution in [0.5, 0.6) is 0 Å². The highest BCUT2D eigenvalue weighted by molar-refractivity contribution is 6.11. The minimum atomic E-state index is -1.02. The third-order valence-electron chi connectivity index (χ3n) is 5.10. The fourth-order valence-electron chi connectivity index (χ4n) is 3.52. The molecule has 1 saturated heterocycles. The third kappa shape index (κ3) is 3.38. The normalized spacial score (nSPS) is 24.5. The molecule has 3 aliphatic rings. The van der Waals surface area contributed by atoms with Gasteiger partial charge in [0.1, 0.15) is 11.4 Å². The number of benzene rings is 1. The summed E-state index contributed by atoms with van der Waals surface area (Å²) in [7, 11) is 0. The standard InChI is InChI=1S/C20H22N4O3/c1-20(14-18(25)22-17-4-2-3-9-24(17)20)19(26)21-15-5-7-16(8-6-15)23-10-12-27-13-11-23/h2-9H,10-14H2,1H3,(H,21,26). The van der Waals surface area contributed by atoms with Crippen molar-refractivity contribution in [2.24, 2.45) is 4.99 Å². The molecule has 27 heavy (non-hydrogen) atoms. The number of allylic oxidation sites excluding steroid dienone is 2. The van der Waals surface area contributed by atoms with E-state index in [1.54, 1.807) is 30.2 Å². The Kier molecular flexibility index (Phi) is 4.53. The van der Waals surface area contributed by atoms with Gasteiger partial charge in [-0.3, -0.25) is 9.59 Å². The molecule has 3 heterocycles. The number of amidine groups is 1. The number of nitrogens with zero attached hydrogens (tertiary/aromatic N) is 3. The first-order chi connectivity index (χ1) is 13.1. The fourth-order valence-corrected chi connectivity index (χ4v) is 3.52. The number of anilines is 2.